The van der Waals surface area contributed by atoms with Crippen LogP contribution in [0.4, 0.5) is 13.2 Å². The van der Waals surface area contributed by atoms with Crippen molar-refractivity contribution in [1.82, 2.24) is 14.8 Å². The highest BCUT2D eigenvalue weighted by molar-refractivity contribution is 7.99. The highest BCUT2D eigenvalue weighted by Gasteiger charge is 2.32. The van der Waals surface area contributed by atoms with Crippen LogP contribution in [0.2, 0.25) is 0 Å². The molecule has 2 saturated heterocycles. The van der Waals surface area contributed by atoms with Crippen molar-refractivity contribution in [3.63, 3.8) is 0 Å². The molecule has 4 rings (SSSR count). The Kier molecular flexibility index (Phi) is 10.1. The third kappa shape index (κ3) is 7.67. The van der Waals surface area contributed by atoms with E-state index in [1.807, 2.05) is 4.90 Å². The molecule has 11 heteroatoms. The molecule has 0 saturated carbocycles. The molecule has 3 heterocycles. The summed E-state index contributed by atoms with van der Waals surface area (Å²) in [4.78, 5) is 22.5. The summed E-state index contributed by atoms with van der Waals surface area (Å²) in [7, 11) is 0. The standard InChI is InChI=1S/C22H24F3N3O2S.2ClH/c23-22(24,25)30-18-6-8-19(9-7-18)31-20-10-5-16(14-26-20)21(29)28-13-3-4-17(28)15-27-11-1-2-12-27;;/h5-10,14,17H,1-4,11-13,15H2;2*1H. The van der Waals surface area contributed by atoms with E-state index < -0.39 is 6.36 Å². The minimum absolute atomic E-state index is 0. The molecule has 0 aliphatic carbocycles. The average molecular weight is 524 g/mol. The van der Waals surface area contributed by atoms with Gasteiger partial charge in [-0.05, 0) is 75.2 Å². The van der Waals surface area contributed by atoms with Crippen LogP contribution in [0.5, 0.6) is 5.75 Å². The Morgan fingerprint density at radius 2 is 1.73 bits per heavy atom. The number of hydrogen-bond donors (Lipinski definition) is 0. The normalized spacial score (nSPS) is 18.5. The van der Waals surface area contributed by atoms with Gasteiger partial charge in [0.2, 0.25) is 0 Å². The Balaban J connectivity index is 0.00000193. The summed E-state index contributed by atoms with van der Waals surface area (Å²) in [6.07, 6.45) is 1.42. The second-order valence-corrected chi connectivity index (χ2v) is 8.90. The van der Waals surface area contributed by atoms with Gasteiger partial charge in [0.1, 0.15) is 10.8 Å². The number of rotatable bonds is 6. The largest absolute Gasteiger partial charge is 0.573 e. The highest BCUT2D eigenvalue weighted by atomic mass is 35.5. The summed E-state index contributed by atoms with van der Waals surface area (Å²) in [5.74, 6) is -0.251. The molecule has 2 fully saturated rings. The SMILES string of the molecule is Cl.Cl.O=C(c1ccc(Sc2ccc(OC(F)(F)F)cc2)nc1)N1CCCC1CN1CCCC1. The number of halogens is 5. The molecule has 1 atom stereocenters. The number of benzene rings is 1. The van der Waals surface area contributed by atoms with Gasteiger partial charge in [-0.3, -0.25) is 4.79 Å². The van der Waals surface area contributed by atoms with Crippen molar-refractivity contribution in [2.24, 2.45) is 0 Å². The highest BCUT2D eigenvalue weighted by Crippen LogP contribution is 2.30. The molecule has 0 radical (unpaired) electrons. The summed E-state index contributed by atoms with van der Waals surface area (Å²) in [6, 6.07) is 9.41. The van der Waals surface area contributed by atoms with E-state index in [1.54, 1.807) is 30.5 Å². The molecular weight excluding hydrogens is 498 g/mol. The van der Waals surface area contributed by atoms with Crippen molar-refractivity contribution < 1.29 is 22.7 Å². The summed E-state index contributed by atoms with van der Waals surface area (Å²) >= 11 is 1.31. The summed E-state index contributed by atoms with van der Waals surface area (Å²) in [5.41, 5.74) is 0.562. The molecule has 2 aliphatic rings. The summed E-state index contributed by atoms with van der Waals surface area (Å²) in [6.45, 7) is 3.96. The lowest BCUT2D eigenvalue weighted by molar-refractivity contribution is -0.274. The molecule has 2 aromatic rings. The van der Waals surface area contributed by atoms with E-state index in [9.17, 15) is 18.0 Å². The van der Waals surface area contributed by atoms with E-state index in [2.05, 4.69) is 14.6 Å². The molecule has 1 unspecified atom stereocenters. The fourth-order valence-corrected chi connectivity index (χ4v) is 4.87. The number of carbonyl (C=O) groups excluding carboxylic acids is 1. The lowest BCUT2D eigenvalue weighted by Crippen LogP contribution is -2.42. The number of alkyl halides is 3. The minimum Gasteiger partial charge on any atom is -0.406 e. The van der Waals surface area contributed by atoms with Crippen molar-refractivity contribution >= 4 is 42.5 Å². The van der Waals surface area contributed by atoms with Crippen LogP contribution >= 0.6 is 36.6 Å². The number of likely N-dealkylation sites (tertiary alicyclic amines) is 2. The van der Waals surface area contributed by atoms with Gasteiger partial charge in [0.05, 0.1) is 5.56 Å². The minimum atomic E-state index is -4.71. The van der Waals surface area contributed by atoms with Crippen molar-refractivity contribution in [3.05, 3.63) is 48.2 Å². The Bertz CT molecular complexity index is 895. The smallest absolute Gasteiger partial charge is 0.406 e. The molecule has 0 N–H and O–H groups in total. The first-order chi connectivity index (χ1) is 14.9. The van der Waals surface area contributed by atoms with Gasteiger partial charge in [-0.2, -0.15) is 0 Å². The fraction of sp³-hybridized carbons (Fsp3) is 0.455. The number of pyridine rings is 1. The zero-order chi connectivity index (χ0) is 21.8. The van der Waals surface area contributed by atoms with Gasteiger partial charge in [-0.25, -0.2) is 4.98 Å². The molecule has 182 valence electrons. The second-order valence-electron chi connectivity index (χ2n) is 7.81. The van der Waals surface area contributed by atoms with Crippen molar-refractivity contribution in [3.8, 4) is 5.75 Å². The average Bonchev–Trinajstić information content (AvgIpc) is 3.41. The third-order valence-corrected chi connectivity index (χ3v) is 6.53. The molecule has 33 heavy (non-hydrogen) atoms. The number of nitrogens with zero attached hydrogens (tertiary/aromatic N) is 3. The molecule has 1 aromatic heterocycles. The van der Waals surface area contributed by atoms with Crippen LogP contribution in [0.3, 0.4) is 0 Å². The zero-order valence-corrected chi connectivity index (χ0v) is 20.2. The van der Waals surface area contributed by atoms with Crippen LogP contribution in [0, 0.1) is 0 Å². The number of carbonyl (C=O) groups is 1. The first-order valence-electron chi connectivity index (χ1n) is 10.4. The third-order valence-electron chi connectivity index (χ3n) is 5.57. The molecule has 2 aliphatic heterocycles. The number of aromatic nitrogens is 1. The maximum atomic E-state index is 13.0. The van der Waals surface area contributed by atoms with Gasteiger partial charge in [-0.15, -0.1) is 38.0 Å². The number of ether oxygens (including phenoxy) is 1. The Hall–Kier alpha value is -1.68. The predicted octanol–water partition coefficient (Wildman–Crippen LogP) is 5.68. The van der Waals surface area contributed by atoms with Crippen molar-refractivity contribution in [2.45, 2.75) is 48.0 Å². The van der Waals surface area contributed by atoms with Crippen LogP contribution in [0.1, 0.15) is 36.0 Å². The second kappa shape index (κ2) is 12.1. The molecule has 5 nitrogen and oxygen atoms in total. The molecular formula is C22H26Cl2F3N3O2S. The van der Waals surface area contributed by atoms with Crippen LogP contribution in [-0.4, -0.2) is 59.3 Å². The van der Waals surface area contributed by atoms with Crippen LogP contribution < -0.4 is 4.74 Å². The predicted molar refractivity (Wildman–Crippen MR) is 126 cm³/mol. The van der Waals surface area contributed by atoms with Crippen LogP contribution in [0.15, 0.2) is 52.5 Å². The van der Waals surface area contributed by atoms with E-state index in [0.29, 0.717) is 10.6 Å². The first kappa shape index (κ1) is 27.6. The molecule has 0 spiro atoms. The topological polar surface area (TPSA) is 45.7 Å². The van der Waals surface area contributed by atoms with Crippen LogP contribution in [0.25, 0.3) is 0 Å². The van der Waals surface area contributed by atoms with E-state index >= 15 is 0 Å². The van der Waals surface area contributed by atoms with Gasteiger partial charge >= 0.3 is 6.36 Å². The number of amides is 1. The van der Waals surface area contributed by atoms with Gasteiger partial charge < -0.3 is 14.5 Å². The lowest BCUT2D eigenvalue weighted by atomic mass is 10.2. The van der Waals surface area contributed by atoms with Gasteiger partial charge in [-0.1, -0.05) is 11.8 Å². The Labute approximate surface area is 207 Å². The Morgan fingerprint density at radius 1 is 1.03 bits per heavy atom. The van der Waals surface area contributed by atoms with E-state index in [0.717, 1.165) is 43.9 Å². The number of hydrogen-bond acceptors (Lipinski definition) is 5. The zero-order valence-electron chi connectivity index (χ0n) is 17.8. The monoisotopic (exact) mass is 523 g/mol. The fourth-order valence-electron chi connectivity index (χ4n) is 4.12. The van der Waals surface area contributed by atoms with Gasteiger partial charge in [0.25, 0.3) is 5.91 Å². The summed E-state index contributed by atoms with van der Waals surface area (Å²) in [5, 5.41) is 0.663. The van der Waals surface area contributed by atoms with Gasteiger partial charge in [0, 0.05) is 30.2 Å². The van der Waals surface area contributed by atoms with E-state index in [4.69, 9.17) is 0 Å². The maximum Gasteiger partial charge on any atom is 0.573 e. The molecule has 0 bridgehead atoms. The van der Waals surface area contributed by atoms with E-state index in [1.165, 1.54) is 36.7 Å². The Morgan fingerprint density at radius 3 is 2.33 bits per heavy atom. The molecule has 1 amide bonds. The molecule has 1 aromatic carbocycles. The van der Waals surface area contributed by atoms with E-state index in [-0.39, 0.29) is 42.5 Å². The van der Waals surface area contributed by atoms with Gasteiger partial charge in [0.15, 0.2) is 0 Å². The first-order valence-corrected chi connectivity index (χ1v) is 11.2. The lowest BCUT2D eigenvalue weighted by Gasteiger charge is -2.28. The quantitative estimate of drug-likeness (QED) is 0.487. The maximum absolute atomic E-state index is 13.0. The van der Waals surface area contributed by atoms with Crippen LogP contribution in [-0.2, 0) is 0 Å². The summed E-state index contributed by atoms with van der Waals surface area (Å²) < 4.78 is 40.7. The van der Waals surface area contributed by atoms with Crippen molar-refractivity contribution in [1.29, 1.82) is 0 Å². The van der Waals surface area contributed by atoms with Crippen molar-refractivity contribution in [2.75, 3.05) is 26.2 Å².